The second kappa shape index (κ2) is 6.15. The number of carbonyl (C=O) groups excluding carboxylic acids is 2. The maximum absolute atomic E-state index is 11.9. The molecule has 2 aromatic rings. The van der Waals surface area contributed by atoms with Crippen molar-refractivity contribution in [1.29, 1.82) is 0 Å². The molecule has 1 aromatic carbocycles. The number of carbonyl (C=O) groups is 2. The first-order valence-electron chi connectivity index (χ1n) is 8.22. The molecule has 126 valence electrons. The zero-order valence-electron chi connectivity index (χ0n) is 14.2. The zero-order valence-corrected chi connectivity index (χ0v) is 14.2. The Balaban J connectivity index is 2.05. The average molecular weight is 325 g/mol. The van der Waals surface area contributed by atoms with Gasteiger partial charge in [-0.25, -0.2) is 0 Å². The standard InChI is InChI=1S/C19H23N3O2/c1-4-17(24)22-8-7-14(10-22)15-6-5-13(9-16(20)23)19-18(15)11(2)12(3)21-19/h4-6,14,21H,1,7-10H2,2-3H3,(H2,20,23). The van der Waals surface area contributed by atoms with Gasteiger partial charge in [-0.1, -0.05) is 18.7 Å². The quantitative estimate of drug-likeness (QED) is 0.846. The van der Waals surface area contributed by atoms with Crippen molar-refractivity contribution in [2.45, 2.75) is 32.6 Å². The monoisotopic (exact) mass is 325 g/mol. The lowest BCUT2D eigenvalue weighted by atomic mass is 9.91. The molecule has 0 spiro atoms. The van der Waals surface area contributed by atoms with Crippen LogP contribution in [0.2, 0.25) is 0 Å². The van der Waals surface area contributed by atoms with E-state index in [0.717, 1.165) is 29.7 Å². The smallest absolute Gasteiger partial charge is 0.245 e. The summed E-state index contributed by atoms with van der Waals surface area (Å²) in [6, 6.07) is 4.07. The number of likely N-dealkylation sites (tertiary alicyclic amines) is 1. The highest BCUT2D eigenvalue weighted by Gasteiger charge is 2.28. The number of benzene rings is 1. The van der Waals surface area contributed by atoms with E-state index in [2.05, 4.69) is 24.6 Å². The van der Waals surface area contributed by atoms with Crippen molar-refractivity contribution in [3.05, 3.63) is 47.2 Å². The lowest BCUT2D eigenvalue weighted by Gasteiger charge is -2.16. The van der Waals surface area contributed by atoms with E-state index in [0.29, 0.717) is 12.5 Å². The number of nitrogens with two attached hydrogens (primary N) is 1. The largest absolute Gasteiger partial charge is 0.369 e. The first-order chi connectivity index (χ1) is 11.4. The molecule has 1 fully saturated rings. The Kier molecular flexibility index (Phi) is 4.18. The van der Waals surface area contributed by atoms with Crippen molar-refractivity contribution in [3.63, 3.8) is 0 Å². The van der Waals surface area contributed by atoms with Crippen molar-refractivity contribution in [3.8, 4) is 0 Å². The molecule has 2 heterocycles. The molecular formula is C19H23N3O2. The van der Waals surface area contributed by atoms with Crippen molar-refractivity contribution < 1.29 is 9.59 Å². The van der Waals surface area contributed by atoms with Gasteiger partial charge in [0.2, 0.25) is 11.8 Å². The maximum atomic E-state index is 11.9. The van der Waals surface area contributed by atoms with Gasteiger partial charge in [-0.05, 0) is 43.0 Å². The zero-order chi connectivity index (χ0) is 17.4. The SMILES string of the molecule is C=CC(=O)N1CCC(c2ccc(CC(N)=O)c3[nH]c(C)c(C)c23)C1. The van der Waals surface area contributed by atoms with Gasteiger partial charge in [0.05, 0.1) is 6.42 Å². The number of nitrogens with zero attached hydrogens (tertiary/aromatic N) is 1. The van der Waals surface area contributed by atoms with Gasteiger partial charge in [0.1, 0.15) is 0 Å². The van der Waals surface area contributed by atoms with Gasteiger partial charge in [0.15, 0.2) is 0 Å². The van der Waals surface area contributed by atoms with Crippen LogP contribution < -0.4 is 5.73 Å². The number of primary amides is 1. The van der Waals surface area contributed by atoms with E-state index in [-0.39, 0.29) is 18.2 Å². The molecule has 0 aliphatic carbocycles. The Morgan fingerprint density at radius 1 is 1.42 bits per heavy atom. The fraction of sp³-hybridized carbons (Fsp3) is 0.368. The fourth-order valence-electron chi connectivity index (χ4n) is 3.70. The van der Waals surface area contributed by atoms with Crippen LogP contribution >= 0.6 is 0 Å². The Labute approximate surface area is 141 Å². The molecule has 24 heavy (non-hydrogen) atoms. The van der Waals surface area contributed by atoms with E-state index in [1.165, 1.54) is 22.6 Å². The minimum Gasteiger partial charge on any atom is -0.369 e. The first kappa shape index (κ1) is 16.3. The van der Waals surface area contributed by atoms with Crippen molar-refractivity contribution in [1.82, 2.24) is 9.88 Å². The molecule has 3 N–H and O–H groups in total. The second-order valence-electron chi connectivity index (χ2n) is 6.56. The number of aromatic nitrogens is 1. The number of amides is 2. The molecule has 1 aromatic heterocycles. The lowest BCUT2D eigenvalue weighted by molar-refractivity contribution is -0.125. The molecule has 1 aliphatic rings. The second-order valence-corrected chi connectivity index (χ2v) is 6.56. The van der Waals surface area contributed by atoms with Crippen LogP contribution in [0, 0.1) is 13.8 Å². The topological polar surface area (TPSA) is 79.2 Å². The van der Waals surface area contributed by atoms with E-state index in [1.807, 2.05) is 17.9 Å². The van der Waals surface area contributed by atoms with E-state index in [1.54, 1.807) is 0 Å². The van der Waals surface area contributed by atoms with Crippen molar-refractivity contribution in [2.75, 3.05) is 13.1 Å². The van der Waals surface area contributed by atoms with Crippen LogP contribution in [-0.2, 0) is 16.0 Å². The van der Waals surface area contributed by atoms with Crippen molar-refractivity contribution in [2.24, 2.45) is 5.73 Å². The summed E-state index contributed by atoms with van der Waals surface area (Å²) in [6.45, 7) is 9.16. The number of hydrogen-bond acceptors (Lipinski definition) is 2. The Hall–Kier alpha value is -2.56. The summed E-state index contributed by atoms with van der Waals surface area (Å²) >= 11 is 0. The van der Waals surface area contributed by atoms with E-state index < -0.39 is 0 Å². The summed E-state index contributed by atoms with van der Waals surface area (Å²) in [7, 11) is 0. The maximum Gasteiger partial charge on any atom is 0.245 e. The van der Waals surface area contributed by atoms with Crippen LogP contribution in [0.3, 0.4) is 0 Å². The molecule has 1 aliphatic heterocycles. The van der Waals surface area contributed by atoms with E-state index in [4.69, 9.17) is 5.73 Å². The number of aromatic amines is 1. The van der Waals surface area contributed by atoms with Gasteiger partial charge in [-0.3, -0.25) is 9.59 Å². The average Bonchev–Trinajstić information content (AvgIpc) is 3.14. The highest BCUT2D eigenvalue weighted by Crippen LogP contribution is 2.36. The van der Waals surface area contributed by atoms with Gasteiger partial charge in [-0.2, -0.15) is 0 Å². The summed E-state index contributed by atoms with van der Waals surface area (Å²) < 4.78 is 0. The predicted octanol–water partition coefficient (Wildman–Crippen LogP) is 2.31. The number of hydrogen-bond donors (Lipinski definition) is 2. The highest BCUT2D eigenvalue weighted by atomic mass is 16.2. The summed E-state index contributed by atoms with van der Waals surface area (Å²) in [5.41, 5.74) is 10.8. The Morgan fingerprint density at radius 3 is 2.83 bits per heavy atom. The molecule has 1 atom stereocenters. The lowest BCUT2D eigenvalue weighted by Crippen LogP contribution is -2.26. The molecular weight excluding hydrogens is 302 g/mol. The summed E-state index contributed by atoms with van der Waals surface area (Å²) in [6.07, 6.45) is 2.54. The van der Waals surface area contributed by atoms with Crippen LogP contribution in [-0.4, -0.2) is 34.8 Å². The van der Waals surface area contributed by atoms with Crippen molar-refractivity contribution >= 4 is 22.7 Å². The normalized spacial score (nSPS) is 17.4. The number of H-pyrrole nitrogens is 1. The molecule has 2 amide bonds. The summed E-state index contributed by atoms with van der Waals surface area (Å²) in [5, 5.41) is 1.17. The number of aryl methyl sites for hydroxylation is 2. The number of nitrogens with one attached hydrogen (secondary N) is 1. The minimum absolute atomic E-state index is 0.0129. The minimum atomic E-state index is -0.336. The number of fused-ring (bicyclic) bond motifs is 1. The molecule has 0 saturated carbocycles. The fourth-order valence-corrected chi connectivity index (χ4v) is 3.70. The first-order valence-corrected chi connectivity index (χ1v) is 8.22. The van der Waals surface area contributed by atoms with Crippen LogP contribution in [0.25, 0.3) is 10.9 Å². The summed E-state index contributed by atoms with van der Waals surface area (Å²) in [4.78, 5) is 28.5. The Morgan fingerprint density at radius 2 is 2.17 bits per heavy atom. The van der Waals surface area contributed by atoms with Crippen LogP contribution in [0.5, 0.6) is 0 Å². The van der Waals surface area contributed by atoms with E-state index >= 15 is 0 Å². The molecule has 3 rings (SSSR count). The molecule has 5 heteroatoms. The Bertz CT molecular complexity index is 835. The van der Waals surface area contributed by atoms with Gasteiger partial charge in [0, 0.05) is 35.6 Å². The molecule has 1 saturated heterocycles. The van der Waals surface area contributed by atoms with Gasteiger partial charge >= 0.3 is 0 Å². The number of rotatable bonds is 4. The van der Waals surface area contributed by atoms with E-state index in [9.17, 15) is 9.59 Å². The van der Waals surface area contributed by atoms with Gasteiger partial charge in [-0.15, -0.1) is 0 Å². The predicted molar refractivity (Wildman–Crippen MR) is 94.8 cm³/mol. The molecule has 0 radical (unpaired) electrons. The van der Waals surface area contributed by atoms with Gasteiger partial charge in [0.25, 0.3) is 0 Å². The molecule has 0 bridgehead atoms. The highest BCUT2D eigenvalue weighted by molar-refractivity contribution is 5.93. The van der Waals surface area contributed by atoms with Gasteiger partial charge < -0.3 is 15.6 Å². The third-order valence-electron chi connectivity index (χ3n) is 5.05. The van der Waals surface area contributed by atoms with Crippen LogP contribution in [0.1, 0.15) is 34.7 Å². The van der Waals surface area contributed by atoms with Crippen LogP contribution in [0.4, 0.5) is 0 Å². The van der Waals surface area contributed by atoms with Crippen LogP contribution in [0.15, 0.2) is 24.8 Å². The third kappa shape index (κ3) is 2.70. The molecule has 1 unspecified atom stereocenters. The third-order valence-corrected chi connectivity index (χ3v) is 5.05. The molecule has 5 nitrogen and oxygen atoms in total. The summed E-state index contributed by atoms with van der Waals surface area (Å²) in [5.74, 6) is -0.0495.